The first-order valence-corrected chi connectivity index (χ1v) is 11.9. The van der Waals surface area contributed by atoms with Crippen LogP contribution in [-0.4, -0.2) is 49.1 Å². The lowest BCUT2D eigenvalue weighted by Gasteiger charge is -2.44. The highest BCUT2D eigenvalue weighted by atomic mass is 16.7. The van der Waals surface area contributed by atoms with Gasteiger partial charge < -0.3 is 19.7 Å². The Bertz CT molecular complexity index is 1090. The normalized spacial score (nSPS) is 19.4. The topological polar surface area (TPSA) is 84.9 Å². The Kier molecular flexibility index (Phi) is 6.70. The lowest BCUT2D eigenvalue weighted by Crippen LogP contribution is -2.49. The Balaban J connectivity index is 1.64. The molecule has 1 aliphatic heterocycles. The van der Waals surface area contributed by atoms with E-state index in [0.717, 1.165) is 35.1 Å². The summed E-state index contributed by atoms with van der Waals surface area (Å²) in [6.45, 7) is 6.83. The number of allylic oxidation sites excluding steroid dienone is 2. The van der Waals surface area contributed by atoms with Crippen molar-refractivity contribution >= 4 is 23.5 Å². The Morgan fingerprint density at radius 2 is 1.76 bits per heavy atom. The number of carbonyl (C=O) groups is 3. The fourth-order valence-corrected chi connectivity index (χ4v) is 5.19. The summed E-state index contributed by atoms with van der Waals surface area (Å²) >= 11 is 0. The van der Waals surface area contributed by atoms with Gasteiger partial charge in [0.1, 0.15) is 5.76 Å². The van der Waals surface area contributed by atoms with Gasteiger partial charge in [-0.2, -0.15) is 0 Å². The predicted molar refractivity (Wildman–Crippen MR) is 128 cm³/mol. The van der Waals surface area contributed by atoms with E-state index in [2.05, 4.69) is 17.2 Å². The van der Waals surface area contributed by atoms with Crippen LogP contribution >= 0.6 is 0 Å². The lowest BCUT2D eigenvalue weighted by molar-refractivity contribution is -0.117. The molecular weight excluding hydrogens is 432 g/mol. The van der Waals surface area contributed by atoms with E-state index in [9.17, 15) is 14.4 Å². The van der Waals surface area contributed by atoms with Crippen LogP contribution in [0.2, 0.25) is 0 Å². The molecule has 180 valence electrons. The number of hydrogen-bond acceptors (Lipinski definition) is 5. The second-order valence-corrected chi connectivity index (χ2v) is 9.70. The average Bonchev–Trinajstić information content (AvgIpc) is 3.59. The molecule has 2 amide bonds. The number of ether oxygens (including phenoxy) is 2. The van der Waals surface area contributed by atoms with Crippen LogP contribution in [-0.2, 0) is 14.3 Å². The quantitative estimate of drug-likeness (QED) is 0.526. The third-order valence-corrected chi connectivity index (χ3v) is 7.07. The number of nitrogens with zero attached hydrogens (tertiary/aromatic N) is 1. The number of carbonyl (C=O) groups excluding carboxylic acids is 3. The number of nitrogens with one attached hydrogen (secondary N) is 1. The number of amides is 2. The monoisotopic (exact) mass is 464 g/mol. The Morgan fingerprint density at radius 1 is 1.12 bits per heavy atom. The molecule has 1 saturated heterocycles. The van der Waals surface area contributed by atoms with Crippen LogP contribution in [0.5, 0.6) is 0 Å². The van der Waals surface area contributed by atoms with Crippen LogP contribution in [0.25, 0.3) is 5.57 Å². The van der Waals surface area contributed by atoms with Gasteiger partial charge in [0.05, 0.1) is 12.7 Å². The minimum Gasteiger partial charge on any atom is -0.437 e. The number of benzene rings is 1. The Hall–Kier alpha value is -3.27. The van der Waals surface area contributed by atoms with Gasteiger partial charge in [0.15, 0.2) is 5.78 Å². The molecule has 2 fully saturated rings. The van der Waals surface area contributed by atoms with Crippen LogP contribution in [0.15, 0.2) is 17.9 Å². The maximum Gasteiger partial charge on any atom is 0.513 e. The molecular formula is C27H32N2O5. The van der Waals surface area contributed by atoms with Gasteiger partial charge >= 0.3 is 12.2 Å². The summed E-state index contributed by atoms with van der Waals surface area (Å²) in [6, 6.07) is 4.20. The van der Waals surface area contributed by atoms with Crippen molar-refractivity contribution in [1.82, 2.24) is 10.2 Å². The molecule has 1 N–H and O–H groups in total. The summed E-state index contributed by atoms with van der Waals surface area (Å²) in [5.41, 5.74) is 3.62. The SMILES string of the molecule is CC#Cc1cc(C)c(C2=C(OC(=O)OC)CC3(CCN(C(=O)NC4CC4)CC3)CC2=O)c(C)c1. The van der Waals surface area contributed by atoms with E-state index >= 15 is 0 Å². The van der Waals surface area contributed by atoms with Crippen LogP contribution < -0.4 is 5.32 Å². The van der Waals surface area contributed by atoms with Crippen molar-refractivity contribution in [1.29, 1.82) is 0 Å². The smallest absolute Gasteiger partial charge is 0.437 e. The molecule has 0 radical (unpaired) electrons. The molecule has 7 heteroatoms. The summed E-state index contributed by atoms with van der Waals surface area (Å²) < 4.78 is 10.4. The summed E-state index contributed by atoms with van der Waals surface area (Å²) in [6.07, 6.45) is 3.44. The first kappa shape index (κ1) is 23.9. The fourth-order valence-electron chi connectivity index (χ4n) is 5.19. The van der Waals surface area contributed by atoms with Gasteiger partial charge in [-0.15, -0.1) is 5.92 Å². The molecule has 1 aromatic rings. The minimum absolute atomic E-state index is 0.0248. The zero-order chi connectivity index (χ0) is 24.5. The van der Waals surface area contributed by atoms with Crippen molar-refractivity contribution < 1.29 is 23.9 Å². The molecule has 0 aromatic heterocycles. The number of likely N-dealkylation sites (tertiary alicyclic amines) is 1. The number of methoxy groups -OCH3 is 1. The van der Waals surface area contributed by atoms with Gasteiger partial charge in [-0.05, 0) is 80.7 Å². The molecule has 1 spiro atoms. The van der Waals surface area contributed by atoms with Gasteiger partial charge in [0.25, 0.3) is 0 Å². The Labute approximate surface area is 200 Å². The van der Waals surface area contributed by atoms with Crippen molar-refractivity contribution in [2.24, 2.45) is 5.41 Å². The highest BCUT2D eigenvalue weighted by molar-refractivity contribution is 6.23. The number of rotatable bonds is 3. The van der Waals surface area contributed by atoms with Gasteiger partial charge in [-0.25, -0.2) is 9.59 Å². The van der Waals surface area contributed by atoms with E-state index in [1.807, 2.05) is 30.9 Å². The van der Waals surface area contributed by atoms with Crippen LogP contribution in [0.3, 0.4) is 0 Å². The lowest BCUT2D eigenvalue weighted by atomic mass is 9.66. The van der Waals surface area contributed by atoms with E-state index in [0.29, 0.717) is 56.1 Å². The van der Waals surface area contributed by atoms with Gasteiger partial charge in [0, 0.05) is 37.5 Å². The second-order valence-electron chi connectivity index (χ2n) is 9.70. The largest absolute Gasteiger partial charge is 0.513 e. The molecule has 7 nitrogen and oxygen atoms in total. The molecule has 0 unspecified atom stereocenters. The third-order valence-electron chi connectivity index (χ3n) is 7.07. The average molecular weight is 465 g/mol. The molecule has 2 aliphatic carbocycles. The second kappa shape index (κ2) is 9.54. The van der Waals surface area contributed by atoms with Crippen LogP contribution in [0, 0.1) is 31.1 Å². The van der Waals surface area contributed by atoms with Crippen molar-refractivity contribution in [3.63, 3.8) is 0 Å². The van der Waals surface area contributed by atoms with Gasteiger partial charge in [0.2, 0.25) is 0 Å². The van der Waals surface area contributed by atoms with Crippen molar-refractivity contribution in [3.05, 3.63) is 40.1 Å². The summed E-state index contributed by atoms with van der Waals surface area (Å²) in [7, 11) is 1.26. The van der Waals surface area contributed by atoms with Crippen LogP contribution in [0.4, 0.5) is 9.59 Å². The standard InChI is InChI=1S/C27H32N2O5/c1-5-6-19-13-17(2)23(18(3)14-19)24-21(30)15-27(16-22(24)34-26(32)33-4)9-11-29(12-10-27)25(31)28-20-7-8-20/h13-14,20H,7-12,15-16H2,1-4H3,(H,28,31). The fraction of sp³-hybridized carbons (Fsp3) is 0.519. The first-order chi connectivity index (χ1) is 16.2. The maximum absolute atomic E-state index is 13.6. The molecule has 3 aliphatic rings. The van der Waals surface area contributed by atoms with Gasteiger partial charge in [-0.1, -0.05) is 5.92 Å². The molecule has 1 heterocycles. The minimum atomic E-state index is -0.831. The number of aryl methyl sites for hydroxylation is 2. The number of Topliss-reactive ketones (excluding diaryl/α,β-unsaturated/α-hetero) is 1. The molecule has 1 saturated carbocycles. The van der Waals surface area contributed by atoms with Crippen molar-refractivity contribution in [2.45, 2.75) is 65.3 Å². The molecule has 0 bridgehead atoms. The van der Waals surface area contributed by atoms with E-state index in [-0.39, 0.29) is 17.2 Å². The highest BCUT2D eigenvalue weighted by Crippen LogP contribution is 2.48. The third kappa shape index (κ3) is 4.96. The molecule has 4 rings (SSSR count). The number of ketones is 1. The number of hydrogen-bond donors (Lipinski definition) is 1. The van der Waals surface area contributed by atoms with E-state index in [1.54, 1.807) is 6.92 Å². The first-order valence-electron chi connectivity index (χ1n) is 11.9. The number of urea groups is 1. The zero-order valence-electron chi connectivity index (χ0n) is 20.4. The van der Waals surface area contributed by atoms with E-state index < -0.39 is 6.16 Å². The number of piperidine rings is 1. The van der Waals surface area contributed by atoms with Crippen LogP contribution in [0.1, 0.15) is 67.7 Å². The highest BCUT2D eigenvalue weighted by Gasteiger charge is 2.45. The van der Waals surface area contributed by atoms with E-state index in [1.165, 1.54) is 7.11 Å². The summed E-state index contributed by atoms with van der Waals surface area (Å²) in [4.78, 5) is 40.0. The Morgan fingerprint density at radius 3 is 2.32 bits per heavy atom. The van der Waals surface area contributed by atoms with Gasteiger partial charge in [-0.3, -0.25) is 4.79 Å². The predicted octanol–water partition coefficient (Wildman–Crippen LogP) is 4.49. The van der Waals surface area contributed by atoms with Crippen molar-refractivity contribution in [2.75, 3.05) is 20.2 Å². The maximum atomic E-state index is 13.6. The molecule has 1 aromatic carbocycles. The summed E-state index contributed by atoms with van der Waals surface area (Å²) in [5.74, 6) is 6.29. The zero-order valence-corrected chi connectivity index (χ0v) is 20.4. The van der Waals surface area contributed by atoms with E-state index in [4.69, 9.17) is 9.47 Å². The van der Waals surface area contributed by atoms with Crippen molar-refractivity contribution in [3.8, 4) is 11.8 Å². The summed E-state index contributed by atoms with van der Waals surface area (Å²) in [5, 5.41) is 3.04. The molecule has 0 atom stereocenters. The molecule has 34 heavy (non-hydrogen) atoms.